The van der Waals surface area contributed by atoms with E-state index in [1.807, 2.05) is 24.3 Å². The Balaban J connectivity index is 1.72. The Morgan fingerprint density at radius 1 is 1.14 bits per heavy atom. The van der Waals surface area contributed by atoms with Gasteiger partial charge in [-0.25, -0.2) is 17.5 Å². The summed E-state index contributed by atoms with van der Waals surface area (Å²) in [7, 11) is -3.64. The molecule has 1 aliphatic rings. The highest BCUT2D eigenvalue weighted by atomic mass is 32.2. The number of rotatable bonds is 4. The highest BCUT2D eigenvalue weighted by Gasteiger charge is 2.25. The van der Waals surface area contributed by atoms with Crippen LogP contribution in [0.25, 0.3) is 0 Å². The maximum absolute atomic E-state index is 12.8. The van der Waals surface area contributed by atoms with Crippen LogP contribution in [0.2, 0.25) is 0 Å². The molecule has 0 fully saturated rings. The van der Waals surface area contributed by atoms with E-state index in [0.717, 1.165) is 23.4 Å². The molecule has 0 bridgehead atoms. The van der Waals surface area contributed by atoms with Gasteiger partial charge in [-0.15, -0.1) is 0 Å². The van der Waals surface area contributed by atoms with Crippen LogP contribution >= 0.6 is 0 Å². The van der Waals surface area contributed by atoms with Gasteiger partial charge in [-0.1, -0.05) is 18.2 Å². The quantitative estimate of drug-likeness (QED) is 0.943. The fraction of sp³-hybridized carbons (Fsp3) is 0.200. The summed E-state index contributed by atoms with van der Waals surface area (Å²) in [5, 5.41) is 0. The van der Waals surface area contributed by atoms with E-state index >= 15 is 0 Å². The van der Waals surface area contributed by atoms with E-state index in [-0.39, 0.29) is 17.4 Å². The lowest BCUT2D eigenvalue weighted by Crippen LogP contribution is -2.29. The second-order valence-electron chi connectivity index (χ2n) is 4.85. The number of para-hydroxylation sites is 1. The summed E-state index contributed by atoms with van der Waals surface area (Å²) in [6, 6.07) is 12.3. The minimum Gasteiger partial charge on any atom is -0.493 e. The molecule has 2 aromatic carbocycles. The molecule has 0 saturated carbocycles. The van der Waals surface area contributed by atoms with Gasteiger partial charge in [-0.2, -0.15) is 0 Å². The highest BCUT2D eigenvalue weighted by Crippen LogP contribution is 2.33. The van der Waals surface area contributed by atoms with Crippen molar-refractivity contribution in [2.75, 3.05) is 13.2 Å². The third-order valence-electron chi connectivity index (χ3n) is 3.44. The molecule has 2 aromatic rings. The molecule has 4 nitrogen and oxygen atoms in total. The standard InChI is InChI=1S/C15H14FNO3S/c16-12-5-7-13(8-6-12)21(18,19)17-9-11-10-20-15-4-2-1-3-14(11)15/h1-8,11,17H,9-10H2. The normalized spacial score (nSPS) is 17.3. The van der Waals surface area contributed by atoms with Crippen LogP contribution in [0.15, 0.2) is 53.4 Å². The average Bonchev–Trinajstić information content (AvgIpc) is 2.89. The summed E-state index contributed by atoms with van der Waals surface area (Å²) in [4.78, 5) is 0.0519. The van der Waals surface area contributed by atoms with Gasteiger partial charge in [-0.3, -0.25) is 0 Å². The number of sulfonamides is 1. The first-order valence-corrected chi connectivity index (χ1v) is 8.01. The van der Waals surface area contributed by atoms with Crippen molar-refractivity contribution in [3.63, 3.8) is 0 Å². The van der Waals surface area contributed by atoms with Gasteiger partial charge in [0.05, 0.1) is 11.5 Å². The maximum atomic E-state index is 12.8. The average molecular weight is 307 g/mol. The molecular formula is C15H14FNO3S. The van der Waals surface area contributed by atoms with Crippen LogP contribution < -0.4 is 9.46 Å². The first-order chi connectivity index (χ1) is 10.1. The molecule has 1 N–H and O–H groups in total. The van der Waals surface area contributed by atoms with Crippen LogP contribution in [0.5, 0.6) is 5.75 Å². The van der Waals surface area contributed by atoms with E-state index in [4.69, 9.17) is 4.74 Å². The molecule has 0 radical (unpaired) electrons. The molecule has 110 valence electrons. The number of benzene rings is 2. The number of ether oxygens (including phenoxy) is 1. The van der Waals surface area contributed by atoms with Gasteiger partial charge >= 0.3 is 0 Å². The molecule has 0 spiro atoms. The van der Waals surface area contributed by atoms with Gasteiger partial charge in [0.15, 0.2) is 0 Å². The topological polar surface area (TPSA) is 55.4 Å². The third-order valence-corrected chi connectivity index (χ3v) is 4.88. The van der Waals surface area contributed by atoms with Gasteiger partial charge in [-0.05, 0) is 30.3 Å². The van der Waals surface area contributed by atoms with Gasteiger partial charge in [0.1, 0.15) is 11.6 Å². The zero-order chi connectivity index (χ0) is 14.9. The van der Waals surface area contributed by atoms with Crippen molar-refractivity contribution in [1.29, 1.82) is 0 Å². The largest absolute Gasteiger partial charge is 0.493 e. The number of nitrogens with one attached hydrogen (secondary N) is 1. The summed E-state index contributed by atoms with van der Waals surface area (Å²) in [6.45, 7) is 0.696. The molecule has 21 heavy (non-hydrogen) atoms. The first-order valence-electron chi connectivity index (χ1n) is 6.53. The minimum absolute atomic E-state index is 0.0172. The Morgan fingerprint density at radius 2 is 1.86 bits per heavy atom. The predicted molar refractivity (Wildman–Crippen MR) is 76.3 cm³/mol. The van der Waals surface area contributed by atoms with Gasteiger partial charge < -0.3 is 4.74 Å². The third kappa shape index (κ3) is 2.91. The molecule has 6 heteroatoms. The van der Waals surface area contributed by atoms with Crippen LogP contribution in [0.3, 0.4) is 0 Å². The smallest absolute Gasteiger partial charge is 0.240 e. The molecule has 0 aliphatic carbocycles. The fourth-order valence-corrected chi connectivity index (χ4v) is 3.39. The molecule has 0 amide bonds. The lowest BCUT2D eigenvalue weighted by atomic mass is 10.0. The first kappa shape index (κ1) is 14.0. The fourth-order valence-electron chi connectivity index (χ4n) is 2.31. The molecule has 1 unspecified atom stereocenters. The number of halogens is 1. The molecule has 0 aromatic heterocycles. The predicted octanol–water partition coefficient (Wildman–Crippen LogP) is 2.28. The highest BCUT2D eigenvalue weighted by molar-refractivity contribution is 7.89. The Labute approximate surface area is 122 Å². The summed E-state index contributed by atoms with van der Waals surface area (Å²) < 4.78 is 45.2. The van der Waals surface area contributed by atoms with Crippen LogP contribution in [0.1, 0.15) is 11.5 Å². The van der Waals surface area contributed by atoms with Crippen molar-refractivity contribution in [3.8, 4) is 5.75 Å². The summed E-state index contributed by atoms with van der Waals surface area (Å²) in [5.41, 5.74) is 0.999. The Hall–Kier alpha value is -1.92. The molecule has 1 atom stereocenters. The van der Waals surface area contributed by atoms with Gasteiger partial charge in [0, 0.05) is 18.0 Å². The lowest BCUT2D eigenvalue weighted by Gasteiger charge is -2.11. The monoisotopic (exact) mass is 307 g/mol. The lowest BCUT2D eigenvalue weighted by molar-refractivity contribution is 0.330. The van der Waals surface area contributed by atoms with Crippen molar-refractivity contribution < 1.29 is 17.5 Å². The molecular weight excluding hydrogens is 293 g/mol. The van der Waals surface area contributed by atoms with E-state index in [0.29, 0.717) is 6.61 Å². The van der Waals surface area contributed by atoms with Gasteiger partial charge in [0.2, 0.25) is 10.0 Å². The van der Waals surface area contributed by atoms with Crippen molar-refractivity contribution in [3.05, 3.63) is 59.9 Å². The van der Waals surface area contributed by atoms with E-state index < -0.39 is 15.8 Å². The summed E-state index contributed by atoms with van der Waals surface area (Å²) >= 11 is 0. The SMILES string of the molecule is O=S(=O)(NCC1COc2ccccc21)c1ccc(F)cc1. The van der Waals surface area contributed by atoms with E-state index in [2.05, 4.69) is 4.72 Å². The van der Waals surface area contributed by atoms with Crippen molar-refractivity contribution in [2.24, 2.45) is 0 Å². The Bertz CT molecular complexity index is 744. The number of hydrogen-bond donors (Lipinski definition) is 1. The van der Waals surface area contributed by atoms with Crippen molar-refractivity contribution in [1.82, 2.24) is 4.72 Å². The number of hydrogen-bond acceptors (Lipinski definition) is 3. The van der Waals surface area contributed by atoms with Crippen LogP contribution in [-0.4, -0.2) is 21.6 Å². The van der Waals surface area contributed by atoms with E-state index in [9.17, 15) is 12.8 Å². The number of fused-ring (bicyclic) bond motifs is 1. The van der Waals surface area contributed by atoms with Crippen LogP contribution in [0, 0.1) is 5.82 Å². The van der Waals surface area contributed by atoms with Crippen molar-refractivity contribution >= 4 is 10.0 Å². The summed E-state index contributed by atoms with van der Waals surface area (Å²) in [5.74, 6) is 0.312. The molecule has 1 aliphatic heterocycles. The van der Waals surface area contributed by atoms with E-state index in [1.54, 1.807) is 0 Å². The van der Waals surface area contributed by atoms with Gasteiger partial charge in [0.25, 0.3) is 0 Å². The van der Waals surface area contributed by atoms with Crippen LogP contribution in [0.4, 0.5) is 4.39 Å². The maximum Gasteiger partial charge on any atom is 0.240 e. The second kappa shape index (κ2) is 5.46. The molecule has 3 rings (SSSR count). The summed E-state index contributed by atoms with van der Waals surface area (Å²) in [6.07, 6.45) is 0. The second-order valence-corrected chi connectivity index (χ2v) is 6.62. The zero-order valence-corrected chi connectivity index (χ0v) is 11.9. The zero-order valence-electron chi connectivity index (χ0n) is 11.1. The Morgan fingerprint density at radius 3 is 2.62 bits per heavy atom. The minimum atomic E-state index is -3.64. The Kier molecular flexibility index (Phi) is 3.65. The molecule has 1 heterocycles. The van der Waals surface area contributed by atoms with E-state index in [1.165, 1.54) is 12.1 Å². The van der Waals surface area contributed by atoms with Crippen LogP contribution in [-0.2, 0) is 10.0 Å². The van der Waals surface area contributed by atoms with Crippen molar-refractivity contribution in [2.45, 2.75) is 10.8 Å². The molecule has 0 saturated heterocycles.